The number of benzene rings is 4. The Balaban J connectivity index is 1.50. The van der Waals surface area contributed by atoms with E-state index in [-0.39, 0.29) is 6.61 Å². The number of amides is 1. The number of ether oxygens (including phenoxy) is 1. The van der Waals surface area contributed by atoms with E-state index in [9.17, 15) is 15.2 Å². The first kappa shape index (κ1) is 26.3. The average Bonchev–Trinajstić information content (AvgIpc) is 2.93. The maximum Gasteiger partial charge on any atom is 0.281 e. The molecule has 0 aliphatic rings. The molecule has 0 atom stereocenters. The highest BCUT2D eigenvalue weighted by atomic mass is 79.9. The van der Waals surface area contributed by atoms with E-state index in [4.69, 9.17) is 4.74 Å². The fourth-order valence-electron chi connectivity index (χ4n) is 3.73. The number of aliphatic hydroxyl groups is 1. The maximum absolute atomic E-state index is 13.2. The summed E-state index contributed by atoms with van der Waals surface area (Å²) in [4.78, 5) is 13.2. The zero-order valence-corrected chi connectivity index (χ0v) is 22.6. The number of nitrogens with zero attached hydrogens (tertiary/aromatic N) is 2. The lowest BCUT2D eigenvalue weighted by Gasteiger charge is -2.27. The fourth-order valence-corrected chi connectivity index (χ4v) is 5.18. The number of nitriles is 1. The van der Waals surface area contributed by atoms with Gasteiger partial charge in [-0.2, -0.15) is 10.4 Å². The van der Waals surface area contributed by atoms with Gasteiger partial charge in [0.05, 0.1) is 26.8 Å². The van der Waals surface area contributed by atoms with Crippen LogP contribution < -0.4 is 10.2 Å². The average molecular weight is 619 g/mol. The summed E-state index contributed by atoms with van der Waals surface area (Å²) in [5, 5.41) is 24.9. The zero-order valence-electron chi connectivity index (χ0n) is 19.4. The topological polar surface area (TPSA) is 94.7 Å². The first-order valence-electron chi connectivity index (χ1n) is 11.2. The van der Waals surface area contributed by atoms with Crippen molar-refractivity contribution in [1.29, 1.82) is 5.26 Å². The van der Waals surface area contributed by atoms with Crippen molar-refractivity contribution in [2.45, 2.75) is 12.2 Å². The lowest BCUT2D eigenvalue weighted by molar-refractivity contribution is -0.136. The standard InChI is InChI=1S/C29H21Br2N3O3/c30-25-15-20(16-26(31)27(25)37-19-22-10-8-7-9-21(22)17-32)18-33-34-28(35)29(36,23-11-3-1-4-12-23)24-13-5-2-6-14-24/h1-16,18,36H,19H2,(H,34,35)/b33-18-. The molecule has 8 heteroatoms. The molecule has 0 saturated carbocycles. The smallest absolute Gasteiger partial charge is 0.281 e. The van der Waals surface area contributed by atoms with E-state index in [1.54, 1.807) is 72.8 Å². The Morgan fingerprint density at radius 1 is 0.946 bits per heavy atom. The molecule has 0 aromatic heterocycles. The summed E-state index contributed by atoms with van der Waals surface area (Å²) in [5.41, 5.74) is 3.42. The molecule has 0 heterocycles. The van der Waals surface area contributed by atoms with E-state index in [0.717, 1.165) is 5.56 Å². The summed E-state index contributed by atoms with van der Waals surface area (Å²) < 4.78 is 7.27. The van der Waals surface area contributed by atoms with E-state index in [1.165, 1.54) is 6.21 Å². The van der Waals surface area contributed by atoms with Crippen LogP contribution in [0, 0.1) is 11.3 Å². The molecule has 0 fully saturated rings. The van der Waals surface area contributed by atoms with Crippen molar-refractivity contribution >= 4 is 44.0 Å². The van der Waals surface area contributed by atoms with Crippen molar-refractivity contribution in [3.8, 4) is 11.8 Å². The van der Waals surface area contributed by atoms with Crippen LogP contribution in [0.3, 0.4) is 0 Å². The third-order valence-corrected chi connectivity index (χ3v) is 6.80. The van der Waals surface area contributed by atoms with Crippen LogP contribution >= 0.6 is 31.9 Å². The second-order valence-corrected chi connectivity index (χ2v) is 9.72. The van der Waals surface area contributed by atoms with E-state index in [1.807, 2.05) is 24.3 Å². The number of hydrogen-bond acceptors (Lipinski definition) is 5. The van der Waals surface area contributed by atoms with Crippen LogP contribution in [0.1, 0.15) is 27.8 Å². The van der Waals surface area contributed by atoms with Gasteiger partial charge in [0, 0.05) is 5.56 Å². The Morgan fingerprint density at radius 2 is 1.49 bits per heavy atom. The summed E-state index contributed by atoms with van der Waals surface area (Å²) in [6.07, 6.45) is 1.47. The van der Waals surface area contributed by atoms with Crippen LogP contribution in [0.15, 0.2) is 111 Å². The molecule has 6 nitrogen and oxygen atoms in total. The Morgan fingerprint density at radius 3 is 2.05 bits per heavy atom. The molecular weight excluding hydrogens is 598 g/mol. The third kappa shape index (κ3) is 5.97. The third-order valence-electron chi connectivity index (χ3n) is 5.62. The monoisotopic (exact) mass is 617 g/mol. The van der Waals surface area contributed by atoms with Crippen molar-refractivity contribution in [3.63, 3.8) is 0 Å². The molecule has 0 radical (unpaired) electrons. The Kier molecular flexibility index (Phi) is 8.51. The predicted molar refractivity (Wildman–Crippen MR) is 149 cm³/mol. The maximum atomic E-state index is 13.2. The van der Waals surface area contributed by atoms with Gasteiger partial charge in [0.15, 0.2) is 5.60 Å². The number of halogens is 2. The molecule has 0 aliphatic carbocycles. The molecule has 0 saturated heterocycles. The summed E-state index contributed by atoms with van der Waals surface area (Å²) >= 11 is 7.02. The molecule has 2 N–H and O–H groups in total. The first-order valence-corrected chi connectivity index (χ1v) is 12.8. The number of carbonyl (C=O) groups excluding carboxylic acids is 1. The van der Waals surface area contributed by atoms with Crippen LogP contribution in [-0.4, -0.2) is 17.2 Å². The van der Waals surface area contributed by atoms with Crippen LogP contribution in [0.4, 0.5) is 0 Å². The minimum atomic E-state index is -1.92. The van der Waals surface area contributed by atoms with Gasteiger partial charge in [-0.15, -0.1) is 0 Å². The molecule has 0 unspecified atom stereocenters. The molecule has 4 aromatic rings. The Labute approximate surface area is 231 Å². The number of hydrazone groups is 1. The van der Waals surface area contributed by atoms with Gasteiger partial charge in [0.25, 0.3) is 5.91 Å². The molecular formula is C29H21Br2N3O3. The summed E-state index contributed by atoms with van der Waals surface area (Å²) in [7, 11) is 0. The van der Waals surface area contributed by atoms with Crippen LogP contribution in [-0.2, 0) is 17.0 Å². The van der Waals surface area contributed by atoms with Gasteiger partial charge in [-0.3, -0.25) is 4.79 Å². The second kappa shape index (κ2) is 12.0. The number of hydrogen-bond donors (Lipinski definition) is 2. The molecule has 0 bridgehead atoms. The zero-order chi connectivity index (χ0) is 26.3. The van der Waals surface area contributed by atoms with Gasteiger partial charge in [0.1, 0.15) is 12.4 Å². The van der Waals surface area contributed by atoms with Crippen molar-refractivity contribution in [2.75, 3.05) is 0 Å². The van der Waals surface area contributed by atoms with E-state index in [0.29, 0.717) is 36.9 Å². The van der Waals surface area contributed by atoms with E-state index >= 15 is 0 Å². The molecule has 0 spiro atoms. The van der Waals surface area contributed by atoms with Gasteiger partial charge in [-0.25, -0.2) is 5.43 Å². The highest BCUT2D eigenvalue weighted by Gasteiger charge is 2.39. The second-order valence-electron chi connectivity index (χ2n) is 8.01. The molecule has 4 rings (SSSR count). The van der Waals surface area contributed by atoms with Crippen molar-refractivity contribution in [2.24, 2.45) is 5.10 Å². The minimum absolute atomic E-state index is 0.224. The number of carbonyl (C=O) groups is 1. The van der Waals surface area contributed by atoms with E-state index < -0.39 is 11.5 Å². The highest BCUT2D eigenvalue weighted by molar-refractivity contribution is 9.11. The van der Waals surface area contributed by atoms with Gasteiger partial charge in [0.2, 0.25) is 0 Å². The predicted octanol–water partition coefficient (Wildman–Crippen LogP) is 6.05. The van der Waals surface area contributed by atoms with Crippen LogP contribution in [0.5, 0.6) is 5.75 Å². The van der Waals surface area contributed by atoms with Gasteiger partial charge in [-0.1, -0.05) is 78.9 Å². The molecule has 4 aromatic carbocycles. The SMILES string of the molecule is N#Cc1ccccc1COc1c(Br)cc(/C=N\NC(=O)C(O)(c2ccccc2)c2ccccc2)cc1Br. The largest absolute Gasteiger partial charge is 0.486 e. The Hall–Kier alpha value is -3.77. The van der Waals surface area contributed by atoms with Gasteiger partial charge >= 0.3 is 0 Å². The summed E-state index contributed by atoms with van der Waals surface area (Å²) in [6, 6.07) is 30.4. The molecule has 184 valence electrons. The molecule has 37 heavy (non-hydrogen) atoms. The van der Waals surface area contributed by atoms with Crippen LogP contribution in [0.25, 0.3) is 0 Å². The van der Waals surface area contributed by atoms with Crippen LogP contribution in [0.2, 0.25) is 0 Å². The Bertz CT molecular complexity index is 1410. The lowest BCUT2D eigenvalue weighted by Crippen LogP contribution is -2.43. The highest BCUT2D eigenvalue weighted by Crippen LogP contribution is 2.35. The quantitative estimate of drug-likeness (QED) is 0.186. The van der Waals surface area contributed by atoms with Crippen molar-refractivity contribution in [3.05, 3.63) is 134 Å². The lowest BCUT2D eigenvalue weighted by atomic mass is 9.85. The van der Waals surface area contributed by atoms with Crippen molar-refractivity contribution in [1.82, 2.24) is 5.43 Å². The van der Waals surface area contributed by atoms with Crippen molar-refractivity contribution < 1.29 is 14.6 Å². The fraction of sp³-hybridized carbons (Fsp3) is 0.0690. The molecule has 1 amide bonds. The number of nitrogens with one attached hydrogen (secondary N) is 1. The molecule has 0 aliphatic heterocycles. The van der Waals surface area contributed by atoms with Gasteiger partial charge < -0.3 is 9.84 Å². The summed E-state index contributed by atoms with van der Waals surface area (Å²) in [5.74, 6) is -0.119. The summed E-state index contributed by atoms with van der Waals surface area (Å²) in [6.45, 7) is 0.224. The number of rotatable bonds is 8. The van der Waals surface area contributed by atoms with E-state index in [2.05, 4.69) is 48.5 Å². The normalized spacial score (nSPS) is 11.2. The first-order chi connectivity index (χ1) is 17.9. The minimum Gasteiger partial charge on any atom is -0.486 e. The van der Waals surface area contributed by atoms with Gasteiger partial charge in [-0.05, 0) is 66.7 Å².